The number of thioether (sulfide) groups is 1. The van der Waals surface area contributed by atoms with Crippen LogP contribution in [0, 0.1) is 18.6 Å². The number of aryl methyl sites for hydroxylation is 1. The smallest absolute Gasteiger partial charge is 0.251 e. The fourth-order valence-electron chi connectivity index (χ4n) is 5.84. The summed E-state index contributed by atoms with van der Waals surface area (Å²) < 4.78 is 38.0. The normalized spacial score (nSPS) is 16.2. The molecule has 1 saturated heterocycles. The van der Waals surface area contributed by atoms with Crippen molar-refractivity contribution in [2.75, 3.05) is 34.3 Å². The Morgan fingerprint density at radius 1 is 1.11 bits per heavy atom. The quantitative estimate of drug-likeness (QED) is 0.145. The number of ether oxygens (including phenoxy) is 1. The minimum atomic E-state index is -0.606. The number of halogens is 4. The maximum absolute atomic E-state index is 15.6. The summed E-state index contributed by atoms with van der Waals surface area (Å²) in [6.45, 7) is 7.71. The number of rotatable bonds is 9. The van der Waals surface area contributed by atoms with Gasteiger partial charge in [-0.05, 0) is 54.4 Å². The van der Waals surface area contributed by atoms with Crippen LogP contribution in [-0.2, 0) is 11.2 Å². The zero-order chi connectivity index (χ0) is 32.7. The number of benzene rings is 3. The van der Waals surface area contributed by atoms with E-state index >= 15 is 4.39 Å². The molecule has 1 atom stereocenters. The van der Waals surface area contributed by atoms with Crippen molar-refractivity contribution in [3.63, 3.8) is 0 Å². The fraction of sp³-hybridized carbons (Fsp3) is 0.353. The van der Waals surface area contributed by atoms with Crippen LogP contribution in [0.15, 0.2) is 59.9 Å². The Bertz CT molecular complexity index is 1740. The Labute approximate surface area is 277 Å². The summed E-state index contributed by atoms with van der Waals surface area (Å²) in [5, 5.41) is 4.53. The lowest BCUT2D eigenvalue weighted by Gasteiger charge is -2.28. The first kappa shape index (κ1) is 33.3. The first-order valence-corrected chi connectivity index (χ1v) is 16.4. The second-order valence-corrected chi connectivity index (χ2v) is 14.4. The van der Waals surface area contributed by atoms with Gasteiger partial charge in [0.1, 0.15) is 5.82 Å². The number of hydrogen-bond acceptors (Lipinski definition) is 4. The summed E-state index contributed by atoms with van der Waals surface area (Å²) in [5.41, 5.74) is 3.19. The molecule has 1 aliphatic rings. The number of nitrogens with zero attached hydrogens (tertiary/aromatic N) is 3. The maximum atomic E-state index is 15.6. The summed E-state index contributed by atoms with van der Waals surface area (Å²) >= 11 is 13.9. The minimum Gasteiger partial charge on any atom is -0.494 e. The molecule has 1 N–H and O–H groups in total. The van der Waals surface area contributed by atoms with E-state index in [0.717, 1.165) is 35.3 Å². The van der Waals surface area contributed by atoms with Gasteiger partial charge in [-0.2, -0.15) is 0 Å². The van der Waals surface area contributed by atoms with Gasteiger partial charge in [0.15, 0.2) is 16.7 Å². The monoisotopic (exact) mass is 673 g/mol. The number of hydrogen-bond donors (Lipinski definition) is 1. The van der Waals surface area contributed by atoms with Crippen LogP contribution in [-0.4, -0.2) is 60.3 Å². The molecular formula is C34H37Cl2F2N4O2S+. The second-order valence-electron chi connectivity index (χ2n) is 12.7. The van der Waals surface area contributed by atoms with Crippen LogP contribution in [0.5, 0.6) is 5.75 Å². The highest BCUT2D eigenvalue weighted by Gasteiger charge is 2.33. The maximum Gasteiger partial charge on any atom is 0.251 e. The van der Waals surface area contributed by atoms with Crippen molar-refractivity contribution in [3.8, 4) is 11.4 Å². The highest BCUT2D eigenvalue weighted by Crippen LogP contribution is 2.39. The number of likely N-dealkylation sites (tertiary alicyclic amines) is 1. The Morgan fingerprint density at radius 3 is 2.51 bits per heavy atom. The van der Waals surface area contributed by atoms with E-state index in [1.54, 1.807) is 37.4 Å². The zero-order valence-electron chi connectivity index (χ0n) is 26.2. The third-order valence-electron chi connectivity index (χ3n) is 8.56. The lowest BCUT2D eigenvalue weighted by molar-refractivity contribution is -0.878. The van der Waals surface area contributed by atoms with Gasteiger partial charge >= 0.3 is 0 Å². The molecule has 6 nitrogen and oxygen atoms in total. The molecule has 0 saturated carbocycles. The van der Waals surface area contributed by atoms with Gasteiger partial charge in [0.25, 0.3) is 5.91 Å². The molecule has 45 heavy (non-hydrogen) atoms. The van der Waals surface area contributed by atoms with Crippen molar-refractivity contribution in [2.45, 2.75) is 49.6 Å². The summed E-state index contributed by atoms with van der Waals surface area (Å²) in [6.07, 6.45) is 2.66. The molecular weight excluding hydrogens is 637 g/mol. The summed E-state index contributed by atoms with van der Waals surface area (Å²) in [7, 11) is 5.69. The average molecular weight is 675 g/mol. The van der Waals surface area contributed by atoms with Crippen LogP contribution in [0.3, 0.4) is 0 Å². The highest BCUT2D eigenvalue weighted by atomic mass is 35.5. The van der Waals surface area contributed by atoms with Crippen LogP contribution in [0.1, 0.15) is 53.0 Å². The number of amides is 1. The molecule has 238 valence electrons. The highest BCUT2D eigenvalue weighted by molar-refractivity contribution is 7.98. The van der Waals surface area contributed by atoms with Crippen molar-refractivity contribution in [3.05, 3.63) is 104 Å². The van der Waals surface area contributed by atoms with Crippen molar-refractivity contribution < 1.29 is 22.8 Å². The summed E-state index contributed by atoms with van der Waals surface area (Å²) in [6, 6.07) is 13.2. The van der Waals surface area contributed by atoms with Crippen LogP contribution in [0.4, 0.5) is 8.78 Å². The van der Waals surface area contributed by atoms with E-state index in [2.05, 4.69) is 19.4 Å². The van der Waals surface area contributed by atoms with Gasteiger partial charge < -0.3 is 14.5 Å². The molecule has 4 aromatic rings. The molecule has 2 heterocycles. The number of quaternary nitrogens is 1. The van der Waals surface area contributed by atoms with E-state index in [-0.39, 0.29) is 23.5 Å². The lowest BCUT2D eigenvalue weighted by atomic mass is 9.81. The largest absolute Gasteiger partial charge is 0.494 e. The van der Waals surface area contributed by atoms with Gasteiger partial charge in [0.2, 0.25) is 0 Å². The minimum absolute atomic E-state index is 0.0670. The SMILES string of the molecule is COc1cc(-n2c(C(C)(C)c3ccc(Cl)c(Cl)c3)cnc2SCc2c(C)cc(C(=O)NC3CC[N+](C)(C)C3)cc2F)ccc1F. The van der Waals surface area contributed by atoms with Gasteiger partial charge in [-0.3, -0.25) is 9.36 Å². The van der Waals surface area contributed by atoms with E-state index in [1.165, 1.54) is 31.0 Å². The molecule has 0 aliphatic carbocycles. The first-order valence-electron chi connectivity index (χ1n) is 14.6. The Hall–Kier alpha value is -3.11. The number of aromatic nitrogens is 2. The molecule has 1 fully saturated rings. The second kappa shape index (κ2) is 12.9. The number of methoxy groups -OCH3 is 1. The van der Waals surface area contributed by atoms with E-state index in [1.807, 2.05) is 30.5 Å². The number of carbonyl (C=O) groups is 1. The van der Waals surface area contributed by atoms with E-state index in [9.17, 15) is 9.18 Å². The Balaban J connectivity index is 1.46. The van der Waals surface area contributed by atoms with Crippen molar-refractivity contribution in [1.29, 1.82) is 0 Å². The van der Waals surface area contributed by atoms with Gasteiger partial charge in [-0.15, -0.1) is 0 Å². The van der Waals surface area contributed by atoms with Gasteiger partial charge in [-0.25, -0.2) is 13.8 Å². The van der Waals surface area contributed by atoms with Gasteiger partial charge in [0, 0.05) is 34.8 Å². The van der Waals surface area contributed by atoms with E-state index in [0.29, 0.717) is 37.6 Å². The number of likely N-dealkylation sites (N-methyl/N-ethyl adjacent to an activating group) is 1. The number of imidazole rings is 1. The fourth-order valence-corrected chi connectivity index (χ4v) is 7.24. The first-order chi connectivity index (χ1) is 21.2. The molecule has 3 aromatic carbocycles. The van der Waals surface area contributed by atoms with Crippen molar-refractivity contribution >= 4 is 40.9 Å². The average Bonchev–Trinajstić information content (AvgIpc) is 3.56. The van der Waals surface area contributed by atoms with Gasteiger partial charge in [0.05, 0.1) is 68.0 Å². The number of carbonyl (C=O) groups excluding carboxylic acids is 1. The molecule has 11 heteroatoms. The Morgan fingerprint density at radius 2 is 1.87 bits per heavy atom. The van der Waals surface area contributed by atoms with Crippen molar-refractivity contribution in [2.24, 2.45) is 0 Å². The molecule has 0 spiro atoms. The molecule has 1 aromatic heterocycles. The van der Waals surface area contributed by atoms with Crippen LogP contribution in [0.2, 0.25) is 10.0 Å². The topological polar surface area (TPSA) is 56.2 Å². The van der Waals surface area contributed by atoms with Gasteiger partial charge in [-0.1, -0.05) is 54.9 Å². The molecule has 1 aliphatic heterocycles. The third kappa shape index (κ3) is 7.02. The van der Waals surface area contributed by atoms with Crippen LogP contribution >= 0.6 is 35.0 Å². The molecule has 5 rings (SSSR count). The standard InChI is InChI=1S/C34H36Cl2F2N4O2S/c1-20-13-21(32(43)40-23-11-12-42(4,5)18-23)14-29(38)25(20)19-45-33-39-17-31(34(2,3)22-7-9-26(35)27(36)15-22)41(33)24-8-10-28(37)30(16-24)44-6/h7-10,13-17,23H,11-12,18-19H2,1-6H3/p+1. The molecule has 0 bridgehead atoms. The summed E-state index contributed by atoms with van der Waals surface area (Å²) in [4.78, 5) is 17.7. The van der Waals surface area contributed by atoms with E-state index < -0.39 is 17.0 Å². The lowest BCUT2D eigenvalue weighted by Crippen LogP contribution is -2.42. The predicted molar refractivity (Wildman–Crippen MR) is 177 cm³/mol. The van der Waals surface area contributed by atoms with E-state index in [4.69, 9.17) is 32.9 Å². The van der Waals surface area contributed by atoms with Crippen molar-refractivity contribution in [1.82, 2.24) is 14.9 Å². The van der Waals surface area contributed by atoms with Crippen LogP contribution in [0.25, 0.3) is 5.69 Å². The molecule has 1 amide bonds. The molecule has 1 unspecified atom stereocenters. The predicted octanol–water partition coefficient (Wildman–Crippen LogP) is 7.97. The van der Waals surface area contributed by atoms with Crippen LogP contribution < -0.4 is 10.1 Å². The third-order valence-corrected chi connectivity index (χ3v) is 10.3. The summed E-state index contributed by atoms with van der Waals surface area (Å²) in [5.74, 6) is -0.855. The molecule has 0 radical (unpaired) electrons. The zero-order valence-corrected chi connectivity index (χ0v) is 28.5. The Kier molecular flexibility index (Phi) is 9.57. The number of nitrogens with one attached hydrogen (secondary N) is 1.